The van der Waals surface area contributed by atoms with E-state index in [1.165, 1.54) is 7.11 Å². The summed E-state index contributed by atoms with van der Waals surface area (Å²) >= 11 is 0. The summed E-state index contributed by atoms with van der Waals surface area (Å²) in [5.74, 6) is 2.23. The molecule has 0 aromatic carbocycles. The monoisotopic (exact) mass is 181 g/mol. The van der Waals surface area contributed by atoms with Gasteiger partial charge >= 0.3 is 17.7 Å². The van der Waals surface area contributed by atoms with Crippen molar-refractivity contribution in [2.75, 3.05) is 13.7 Å². The van der Waals surface area contributed by atoms with Crippen molar-refractivity contribution in [3.63, 3.8) is 0 Å². The summed E-state index contributed by atoms with van der Waals surface area (Å²) in [4.78, 5) is 20.1. The van der Waals surface area contributed by atoms with Crippen LogP contribution >= 0.6 is 0 Å². The fourth-order valence-electron chi connectivity index (χ4n) is 0.616. The molecule has 0 unspecified atom stereocenters. The van der Waals surface area contributed by atoms with Crippen LogP contribution in [0.15, 0.2) is 4.79 Å². The molecular formula is C7H7N3O3. The lowest BCUT2D eigenvalue weighted by Gasteiger charge is -2.00. The summed E-state index contributed by atoms with van der Waals surface area (Å²) in [5, 5.41) is 0. The van der Waals surface area contributed by atoms with Crippen LogP contribution in [-0.2, 0) is 0 Å². The number of methoxy groups -OCH3 is 1. The van der Waals surface area contributed by atoms with E-state index < -0.39 is 5.69 Å². The molecule has 0 aliphatic carbocycles. The van der Waals surface area contributed by atoms with Gasteiger partial charge in [0.15, 0.2) is 6.61 Å². The number of aromatic nitrogens is 3. The first-order chi connectivity index (χ1) is 6.26. The predicted octanol–water partition coefficient (Wildman–Crippen LogP) is -0.815. The summed E-state index contributed by atoms with van der Waals surface area (Å²) in [5.41, 5.74) is -0.598. The second-order valence-corrected chi connectivity index (χ2v) is 1.94. The van der Waals surface area contributed by atoms with E-state index in [1.807, 2.05) is 0 Å². The number of aromatic amines is 1. The van der Waals surface area contributed by atoms with Crippen molar-refractivity contribution in [3.8, 4) is 24.4 Å². The average Bonchev–Trinajstić information content (AvgIpc) is 2.14. The third kappa shape index (κ3) is 2.48. The fourth-order valence-corrected chi connectivity index (χ4v) is 0.616. The molecule has 0 atom stereocenters. The van der Waals surface area contributed by atoms with Gasteiger partial charge in [-0.15, -0.1) is 16.4 Å². The second kappa shape index (κ2) is 4.11. The Bertz CT molecular complexity index is 379. The Kier molecular flexibility index (Phi) is 2.87. The molecule has 6 nitrogen and oxygen atoms in total. The zero-order chi connectivity index (χ0) is 9.68. The van der Waals surface area contributed by atoms with Crippen molar-refractivity contribution < 1.29 is 9.47 Å². The lowest BCUT2D eigenvalue weighted by molar-refractivity contribution is 0.314. The maximum absolute atomic E-state index is 10.8. The number of rotatable bonds is 3. The molecule has 0 aliphatic heterocycles. The van der Waals surface area contributed by atoms with E-state index in [4.69, 9.17) is 11.2 Å². The minimum absolute atomic E-state index is 0.00481. The van der Waals surface area contributed by atoms with Crippen LogP contribution in [0.5, 0.6) is 12.0 Å². The van der Waals surface area contributed by atoms with Gasteiger partial charge in [-0.05, 0) is 0 Å². The molecule has 0 bridgehead atoms. The van der Waals surface area contributed by atoms with Gasteiger partial charge in [0.1, 0.15) is 0 Å². The van der Waals surface area contributed by atoms with E-state index in [-0.39, 0.29) is 18.6 Å². The number of terminal acetylenes is 1. The molecule has 1 rings (SSSR count). The van der Waals surface area contributed by atoms with Gasteiger partial charge in [0, 0.05) is 0 Å². The highest BCUT2D eigenvalue weighted by Crippen LogP contribution is 2.02. The molecule has 0 saturated heterocycles. The zero-order valence-corrected chi connectivity index (χ0v) is 6.90. The number of ether oxygens (including phenoxy) is 2. The molecule has 1 aromatic heterocycles. The van der Waals surface area contributed by atoms with Gasteiger partial charge in [0.25, 0.3) is 0 Å². The van der Waals surface area contributed by atoms with E-state index in [0.29, 0.717) is 0 Å². The molecule has 1 N–H and O–H groups in total. The van der Waals surface area contributed by atoms with Gasteiger partial charge < -0.3 is 9.47 Å². The summed E-state index contributed by atoms with van der Waals surface area (Å²) in [6.45, 7) is 0.0239. The van der Waals surface area contributed by atoms with Crippen LogP contribution in [0.25, 0.3) is 0 Å². The lowest BCUT2D eigenvalue weighted by Crippen LogP contribution is -2.15. The van der Waals surface area contributed by atoms with Crippen LogP contribution in [0.3, 0.4) is 0 Å². The molecule has 68 valence electrons. The van der Waals surface area contributed by atoms with Gasteiger partial charge in [0.05, 0.1) is 7.11 Å². The first-order valence-corrected chi connectivity index (χ1v) is 3.35. The lowest BCUT2D eigenvalue weighted by atomic mass is 10.7. The van der Waals surface area contributed by atoms with E-state index in [9.17, 15) is 4.79 Å². The van der Waals surface area contributed by atoms with Crippen molar-refractivity contribution in [2.24, 2.45) is 0 Å². The molecule has 1 aromatic rings. The summed E-state index contributed by atoms with van der Waals surface area (Å²) in [6, 6.07) is -0.0643. The number of H-pyrrole nitrogens is 1. The normalized spacial score (nSPS) is 8.92. The maximum Gasteiger partial charge on any atom is 0.353 e. The first kappa shape index (κ1) is 9.06. The van der Waals surface area contributed by atoms with Gasteiger partial charge in [0.2, 0.25) is 0 Å². The van der Waals surface area contributed by atoms with Crippen molar-refractivity contribution in [2.45, 2.75) is 0 Å². The van der Waals surface area contributed by atoms with Crippen LogP contribution in [0.1, 0.15) is 0 Å². The Morgan fingerprint density at radius 3 is 3.00 bits per heavy atom. The van der Waals surface area contributed by atoms with Crippen molar-refractivity contribution in [3.05, 3.63) is 10.5 Å². The van der Waals surface area contributed by atoms with Crippen LogP contribution in [-0.4, -0.2) is 28.7 Å². The Morgan fingerprint density at radius 1 is 1.62 bits per heavy atom. The Balaban J connectivity index is 2.90. The molecule has 1 heterocycles. The van der Waals surface area contributed by atoms with Crippen molar-refractivity contribution >= 4 is 0 Å². The highest BCUT2D eigenvalue weighted by Gasteiger charge is 2.01. The van der Waals surface area contributed by atoms with E-state index >= 15 is 0 Å². The standard InChI is InChI=1S/C7H7N3O3/c1-3-4-13-7-9-5(11)8-6(10-7)12-2/h1H,4H2,2H3,(H,8,9,10,11). The Morgan fingerprint density at radius 2 is 2.38 bits per heavy atom. The van der Waals surface area contributed by atoms with Crippen LogP contribution in [0.2, 0.25) is 0 Å². The minimum Gasteiger partial charge on any atom is -0.467 e. The largest absolute Gasteiger partial charge is 0.467 e. The topological polar surface area (TPSA) is 77.1 Å². The number of nitrogens with one attached hydrogen (secondary N) is 1. The number of hydrogen-bond acceptors (Lipinski definition) is 5. The van der Waals surface area contributed by atoms with E-state index in [2.05, 4.69) is 25.6 Å². The molecular weight excluding hydrogens is 174 g/mol. The predicted molar refractivity (Wildman–Crippen MR) is 43.5 cm³/mol. The average molecular weight is 181 g/mol. The van der Waals surface area contributed by atoms with Gasteiger partial charge in [-0.3, -0.25) is 4.98 Å². The maximum atomic E-state index is 10.8. The Labute approximate surface area is 73.9 Å². The van der Waals surface area contributed by atoms with Crippen LogP contribution in [0, 0.1) is 12.3 Å². The van der Waals surface area contributed by atoms with Crippen LogP contribution < -0.4 is 15.2 Å². The molecule has 13 heavy (non-hydrogen) atoms. The fraction of sp³-hybridized carbons (Fsp3) is 0.286. The van der Waals surface area contributed by atoms with Gasteiger partial charge in [-0.25, -0.2) is 4.79 Å². The molecule has 6 heteroatoms. The van der Waals surface area contributed by atoms with Gasteiger partial charge in [-0.1, -0.05) is 5.92 Å². The summed E-state index contributed by atoms with van der Waals surface area (Å²) < 4.78 is 9.50. The minimum atomic E-state index is -0.598. The number of hydrogen-bond donors (Lipinski definition) is 1. The molecule has 0 aliphatic rings. The SMILES string of the molecule is C#CCOc1nc(OC)nc(=O)[nH]1. The number of nitrogens with zero attached hydrogens (tertiary/aromatic N) is 2. The van der Waals surface area contributed by atoms with E-state index in [1.54, 1.807) is 0 Å². The van der Waals surface area contributed by atoms with Crippen molar-refractivity contribution in [1.82, 2.24) is 15.0 Å². The van der Waals surface area contributed by atoms with Gasteiger partial charge in [-0.2, -0.15) is 0 Å². The molecule has 0 amide bonds. The third-order valence-electron chi connectivity index (χ3n) is 1.08. The Hall–Kier alpha value is -2.03. The third-order valence-corrected chi connectivity index (χ3v) is 1.08. The summed E-state index contributed by atoms with van der Waals surface area (Å²) in [7, 11) is 1.35. The smallest absolute Gasteiger partial charge is 0.353 e. The molecule has 0 spiro atoms. The second-order valence-electron chi connectivity index (χ2n) is 1.94. The molecule has 0 radical (unpaired) electrons. The summed E-state index contributed by atoms with van der Waals surface area (Å²) in [6.07, 6.45) is 4.94. The van der Waals surface area contributed by atoms with Crippen molar-refractivity contribution in [1.29, 1.82) is 0 Å². The highest BCUT2D eigenvalue weighted by molar-refractivity contribution is 5.00. The first-order valence-electron chi connectivity index (χ1n) is 3.35. The van der Waals surface area contributed by atoms with E-state index in [0.717, 1.165) is 0 Å². The van der Waals surface area contributed by atoms with Crippen LogP contribution in [0.4, 0.5) is 0 Å². The molecule has 0 saturated carbocycles. The zero-order valence-electron chi connectivity index (χ0n) is 6.90. The quantitative estimate of drug-likeness (QED) is 0.617. The molecule has 0 fully saturated rings. The highest BCUT2D eigenvalue weighted by atomic mass is 16.5.